The molecule has 1 aromatic rings. The molecule has 6 nitrogen and oxygen atoms in total. The molecule has 1 saturated carbocycles. The zero-order valence-electron chi connectivity index (χ0n) is 16.3. The van der Waals surface area contributed by atoms with Gasteiger partial charge in [0.1, 0.15) is 0 Å². The number of guanidine groups is 1. The number of aliphatic imine (C=N–C) groups is 1. The van der Waals surface area contributed by atoms with Crippen molar-refractivity contribution in [2.75, 3.05) is 32.8 Å². The monoisotopic (exact) mass is 349 g/mol. The Bertz CT molecular complexity index is 536. The topological polar surface area (TPSA) is 63.5 Å². The van der Waals surface area contributed by atoms with Crippen LogP contribution in [0.4, 0.5) is 0 Å². The largest absolute Gasteiger partial charge is 0.381 e. The standard InChI is InChI=1S/C19H35N5O/c1-5-20-19(21-9-6-10-25-14-18-7-8-18)22-12-15(2)13-24-17(4)11-16(3)23-24/h11,15,18H,5-10,12-14H2,1-4H3,(H2,20,21,22). The molecule has 6 heteroatoms. The Hall–Kier alpha value is -1.56. The minimum atomic E-state index is 0.440. The van der Waals surface area contributed by atoms with Crippen LogP contribution in [0.1, 0.15) is 44.5 Å². The van der Waals surface area contributed by atoms with E-state index in [0.29, 0.717) is 5.92 Å². The second-order valence-electron chi connectivity index (χ2n) is 7.23. The van der Waals surface area contributed by atoms with Gasteiger partial charge >= 0.3 is 0 Å². The average molecular weight is 350 g/mol. The van der Waals surface area contributed by atoms with Crippen molar-refractivity contribution in [3.63, 3.8) is 0 Å². The summed E-state index contributed by atoms with van der Waals surface area (Å²) in [4.78, 5) is 4.71. The highest BCUT2D eigenvalue weighted by molar-refractivity contribution is 5.79. The van der Waals surface area contributed by atoms with E-state index in [1.807, 2.05) is 6.92 Å². The predicted octanol–water partition coefficient (Wildman–Crippen LogP) is 2.51. The number of rotatable bonds is 11. The summed E-state index contributed by atoms with van der Waals surface area (Å²) in [5.41, 5.74) is 2.29. The lowest BCUT2D eigenvalue weighted by atomic mass is 10.2. The van der Waals surface area contributed by atoms with E-state index in [1.165, 1.54) is 18.5 Å². The summed E-state index contributed by atoms with van der Waals surface area (Å²) in [6.07, 6.45) is 3.72. The van der Waals surface area contributed by atoms with Gasteiger partial charge in [0.05, 0.1) is 5.69 Å². The van der Waals surface area contributed by atoms with E-state index in [4.69, 9.17) is 9.73 Å². The zero-order valence-corrected chi connectivity index (χ0v) is 16.3. The summed E-state index contributed by atoms with van der Waals surface area (Å²) in [5.74, 6) is 2.18. The third-order valence-corrected chi connectivity index (χ3v) is 4.30. The maximum atomic E-state index is 5.67. The Balaban J connectivity index is 1.66. The summed E-state index contributed by atoms with van der Waals surface area (Å²) in [5, 5.41) is 11.2. The molecule has 2 rings (SSSR count). The van der Waals surface area contributed by atoms with Crippen LogP contribution in [0.3, 0.4) is 0 Å². The Morgan fingerprint density at radius 2 is 2.20 bits per heavy atom. The van der Waals surface area contributed by atoms with Gasteiger partial charge in [-0.3, -0.25) is 9.67 Å². The molecule has 0 aromatic carbocycles. The van der Waals surface area contributed by atoms with Gasteiger partial charge in [0, 0.05) is 45.1 Å². The molecule has 0 aliphatic heterocycles. The van der Waals surface area contributed by atoms with E-state index < -0.39 is 0 Å². The molecule has 1 unspecified atom stereocenters. The number of nitrogens with one attached hydrogen (secondary N) is 2. The van der Waals surface area contributed by atoms with E-state index in [-0.39, 0.29) is 0 Å². The second kappa shape index (κ2) is 10.4. The molecule has 0 bridgehead atoms. The molecule has 0 amide bonds. The summed E-state index contributed by atoms with van der Waals surface area (Å²) in [6.45, 7) is 13.7. The third kappa shape index (κ3) is 7.90. The van der Waals surface area contributed by atoms with Crippen LogP contribution in [0, 0.1) is 25.7 Å². The van der Waals surface area contributed by atoms with E-state index in [2.05, 4.69) is 47.3 Å². The first-order chi connectivity index (χ1) is 12.1. The normalized spacial score (nSPS) is 16.1. The van der Waals surface area contributed by atoms with Crippen LogP contribution in [-0.4, -0.2) is 48.6 Å². The minimum absolute atomic E-state index is 0.440. The van der Waals surface area contributed by atoms with Crippen molar-refractivity contribution in [3.8, 4) is 0 Å². The first-order valence-corrected chi connectivity index (χ1v) is 9.69. The highest BCUT2D eigenvalue weighted by Crippen LogP contribution is 2.28. The van der Waals surface area contributed by atoms with Crippen LogP contribution >= 0.6 is 0 Å². The van der Waals surface area contributed by atoms with Gasteiger partial charge in [-0.15, -0.1) is 0 Å². The van der Waals surface area contributed by atoms with Crippen LogP contribution in [0.25, 0.3) is 0 Å². The maximum absolute atomic E-state index is 5.67. The van der Waals surface area contributed by atoms with E-state index >= 15 is 0 Å². The molecular formula is C19H35N5O. The quantitative estimate of drug-likeness (QED) is 0.366. The first-order valence-electron chi connectivity index (χ1n) is 9.69. The highest BCUT2D eigenvalue weighted by Gasteiger charge is 2.20. The lowest BCUT2D eigenvalue weighted by molar-refractivity contribution is 0.123. The van der Waals surface area contributed by atoms with Gasteiger partial charge in [0.25, 0.3) is 0 Å². The smallest absolute Gasteiger partial charge is 0.191 e. The number of aromatic nitrogens is 2. The van der Waals surface area contributed by atoms with Crippen molar-refractivity contribution in [2.24, 2.45) is 16.8 Å². The predicted molar refractivity (Wildman–Crippen MR) is 103 cm³/mol. The van der Waals surface area contributed by atoms with Gasteiger partial charge in [-0.1, -0.05) is 6.92 Å². The number of nitrogens with zero attached hydrogens (tertiary/aromatic N) is 3. The molecule has 1 aliphatic rings. The van der Waals surface area contributed by atoms with Gasteiger partial charge in [-0.05, 0) is 57.9 Å². The Morgan fingerprint density at radius 3 is 2.84 bits per heavy atom. The molecule has 142 valence electrons. The molecule has 1 atom stereocenters. The van der Waals surface area contributed by atoms with Crippen LogP contribution in [-0.2, 0) is 11.3 Å². The van der Waals surface area contributed by atoms with Crippen molar-refractivity contribution in [1.82, 2.24) is 20.4 Å². The molecule has 1 fully saturated rings. The molecule has 25 heavy (non-hydrogen) atoms. The van der Waals surface area contributed by atoms with Crippen molar-refractivity contribution in [3.05, 3.63) is 17.5 Å². The fourth-order valence-corrected chi connectivity index (χ4v) is 2.72. The lowest BCUT2D eigenvalue weighted by Crippen LogP contribution is -2.38. The molecule has 0 radical (unpaired) electrons. The van der Waals surface area contributed by atoms with Crippen molar-refractivity contribution < 1.29 is 4.74 Å². The fourth-order valence-electron chi connectivity index (χ4n) is 2.72. The van der Waals surface area contributed by atoms with Gasteiger partial charge in [-0.2, -0.15) is 5.10 Å². The van der Waals surface area contributed by atoms with Gasteiger partial charge < -0.3 is 15.4 Å². The maximum Gasteiger partial charge on any atom is 0.191 e. The van der Waals surface area contributed by atoms with Crippen LogP contribution < -0.4 is 10.6 Å². The molecule has 1 heterocycles. The van der Waals surface area contributed by atoms with Crippen molar-refractivity contribution >= 4 is 5.96 Å². The second-order valence-corrected chi connectivity index (χ2v) is 7.23. The Kier molecular flexibility index (Phi) is 8.25. The number of ether oxygens (including phenoxy) is 1. The van der Waals surface area contributed by atoms with E-state index in [1.54, 1.807) is 0 Å². The molecule has 2 N–H and O–H groups in total. The SMILES string of the molecule is CCNC(=NCC(C)Cn1nc(C)cc1C)NCCCOCC1CC1. The molecule has 0 spiro atoms. The van der Waals surface area contributed by atoms with E-state index in [0.717, 1.165) is 63.4 Å². The minimum Gasteiger partial charge on any atom is -0.381 e. The van der Waals surface area contributed by atoms with E-state index in [9.17, 15) is 0 Å². The fraction of sp³-hybridized carbons (Fsp3) is 0.789. The Morgan fingerprint density at radius 1 is 1.40 bits per heavy atom. The van der Waals surface area contributed by atoms with Crippen LogP contribution in [0.15, 0.2) is 11.1 Å². The highest BCUT2D eigenvalue weighted by atomic mass is 16.5. The summed E-state index contributed by atoms with van der Waals surface area (Å²) < 4.78 is 7.74. The number of aryl methyl sites for hydroxylation is 2. The molecular weight excluding hydrogens is 314 g/mol. The Labute approximate surface area is 152 Å². The van der Waals surface area contributed by atoms with Crippen molar-refractivity contribution in [2.45, 2.75) is 53.5 Å². The summed E-state index contributed by atoms with van der Waals surface area (Å²) in [6, 6.07) is 2.12. The van der Waals surface area contributed by atoms with Crippen molar-refractivity contribution in [1.29, 1.82) is 0 Å². The molecule has 1 aromatic heterocycles. The lowest BCUT2D eigenvalue weighted by Gasteiger charge is -2.14. The zero-order chi connectivity index (χ0) is 18.1. The van der Waals surface area contributed by atoms with Crippen LogP contribution in [0.2, 0.25) is 0 Å². The first kappa shape index (κ1) is 19.8. The number of hydrogen-bond donors (Lipinski definition) is 2. The summed E-state index contributed by atoms with van der Waals surface area (Å²) in [7, 11) is 0. The van der Waals surface area contributed by atoms with Gasteiger partial charge in [0.15, 0.2) is 5.96 Å². The van der Waals surface area contributed by atoms with Gasteiger partial charge in [0.2, 0.25) is 0 Å². The molecule has 1 aliphatic carbocycles. The molecule has 0 saturated heterocycles. The third-order valence-electron chi connectivity index (χ3n) is 4.30. The van der Waals surface area contributed by atoms with Gasteiger partial charge in [-0.25, -0.2) is 0 Å². The summed E-state index contributed by atoms with van der Waals surface area (Å²) >= 11 is 0. The van der Waals surface area contributed by atoms with Crippen LogP contribution in [0.5, 0.6) is 0 Å². The average Bonchev–Trinajstić information content (AvgIpc) is 3.33. The number of hydrogen-bond acceptors (Lipinski definition) is 3.